The Hall–Kier alpha value is -3.57. The Labute approximate surface area is 402 Å². The first-order chi connectivity index (χ1) is 30.9. The minimum absolute atomic E-state index is 0.00967. The van der Waals surface area contributed by atoms with Gasteiger partial charge in [0.2, 0.25) is 0 Å². The van der Waals surface area contributed by atoms with Gasteiger partial charge < -0.3 is 4.74 Å². The van der Waals surface area contributed by atoms with E-state index in [1.54, 1.807) is 7.11 Å². The number of methoxy groups -OCH3 is 1. The molecule has 5 nitrogen and oxygen atoms in total. The molecule has 1 heterocycles. The van der Waals surface area contributed by atoms with Crippen LogP contribution in [0.25, 0.3) is 0 Å². The normalized spacial score (nSPS) is 17.9. The fourth-order valence-corrected chi connectivity index (χ4v) is 16.7. The summed E-state index contributed by atoms with van der Waals surface area (Å²) < 4.78 is 34.2. The van der Waals surface area contributed by atoms with E-state index in [1.807, 2.05) is 12.1 Å². The van der Waals surface area contributed by atoms with Crippen molar-refractivity contribution in [2.75, 3.05) is 20.3 Å². The van der Waals surface area contributed by atoms with Crippen molar-refractivity contribution in [3.05, 3.63) is 168 Å². The molecule has 0 bridgehead atoms. The summed E-state index contributed by atoms with van der Waals surface area (Å²) in [6.45, 7) is 29.2. The molecule has 1 aliphatic heterocycles. The molecule has 8 heteroatoms. The van der Waals surface area contributed by atoms with Crippen molar-refractivity contribution in [1.82, 2.24) is 0 Å². The van der Waals surface area contributed by atoms with E-state index in [0.29, 0.717) is 24.6 Å². The summed E-state index contributed by atoms with van der Waals surface area (Å²) in [5.41, 5.74) is 4.97. The molecule has 0 saturated carbocycles. The number of allylic oxidation sites excluding steroid dienone is 3. The van der Waals surface area contributed by atoms with E-state index < -0.39 is 16.6 Å². The van der Waals surface area contributed by atoms with Crippen molar-refractivity contribution in [3.63, 3.8) is 0 Å². The first kappa shape index (κ1) is 52.4. The molecule has 65 heavy (non-hydrogen) atoms. The molecule has 0 amide bonds. The summed E-state index contributed by atoms with van der Waals surface area (Å²) in [6.07, 6.45) is 13.9. The standard InChI is InChI=1S/C57H78O5SeSi2/c1-44(35-36-60-65(57(7,8)9,54-27-18-14-19-28-54)55-29-20-15-21-30-55)23-22-26-53(63-52-24-16-13-17-25-52)41-50-39-45(2)37-49(61-50)38-46(3)40-51(62-64(11,12)56(4,5)6)43-59-42-47-31-33-48(58-10)34-32-47/h13-22,24-35,38,49-51,53H,2,23,36-37,39-43H2,1,3-12H3/b26-22+,44-35-,46-38+/t49-,50+,51-,53+/m1/s1. The molecule has 0 spiro atoms. The van der Waals surface area contributed by atoms with Gasteiger partial charge in [0.1, 0.15) is 5.75 Å². The van der Waals surface area contributed by atoms with E-state index in [2.05, 4.69) is 202 Å². The molecule has 0 N–H and O–H groups in total. The minimum atomic E-state index is -2.60. The SMILES string of the molecule is C=C1C[C@@H](C[C@H](/C=C/C/C(C)=C\CO[Si](c2ccccc2)(c2ccccc2)C(C)(C)C)[Se]c2ccccc2)O[C@@H](/C=C(\C)C[C@H](COCc2ccc(OC)cc2)O[Si](C)(C)C(C)(C)C)C1. The van der Waals surface area contributed by atoms with Crippen LogP contribution in [0.2, 0.25) is 28.0 Å². The molecular weight excluding hydrogens is 900 g/mol. The van der Waals surface area contributed by atoms with Crippen molar-refractivity contribution in [3.8, 4) is 5.75 Å². The van der Waals surface area contributed by atoms with Gasteiger partial charge in [0.05, 0.1) is 7.11 Å². The van der Waals surface area contributed by atoms with Gasteiger partial charge in [0, 0.05) is 0 Å². The third kappa shape index (κ3) is 15.8. The fraction of sp³-hybridized carbons (Fsp3) is 0.439. The second kappa shape index (κ2) is 24.5. The van der Waals surface area contributed by atoms with E-state index >= 15 is 0 Å². The van der Waals surface area contributed by atoms with Crippen LogP contribution >= 0.6 is 0 Å². The number of rotatable bonds is 22. The van der Waals surface area contributed by atoms with Crippen LogP contribution < -0.4 is 19.6 Å². The Morgan fingerprint density at radius 1 is 0.800 bits per heavy atom. The summed E-state index contributed by atoms with van der Waals surface area (Å²) in [4.78, 5) is 0.387. The summed E-state index contributed by atoms with van der Waals surface area (Å²) >= 11 is 0.255. The van der Waals surface area contributed by atoms with Crippen LogP contribution in [-0.4, -0.2) is 70.2 Å². The van der Waals surface area contributed by atoms with Crippen LogP contribution in [0, 0.1) is 0 Å². The monoisotopic (exact) mass is 978 g/mol. The molecular formula is C57H78O5SeSi2. The molecule has 4 aromatic carbocycles. The number of hydrogen-bond donors (Lipinski definition) is 0. The number of benzene rings is 4. The van der Waals surface area contributed by atoms with Gasteiger partial charge in [-0.25, -0.2) is 0 Å². The molecule has 1 aliphatic rings. The third-order valence-electron chi connectivity index (χ3n) is 12.9. The Kier molecular flexibility index (Phi) is 19.7. The molecule has 1 fully saturated rings. The molecule has 4 atom stereocenters. The summed E-state index contributed by atoms with van der Waals surface area (Å²) in [6, 6.07) is 40.9. The molecule has 0 unspecified atom stereocenters. The Bertz CT molecular complexity index is 2100. The van der Waals surface area contributed by atoms with Crippen LogP contribution in [-0.2, 0) is 24.9 Å². The first-order valence-corrected chi connectivity index (χ1v) is 30.2. The summed E-state index contributed by atoms with van der Waals surface area (Å²) in [7, 11) is -2.96. The average molecular weight is 978 g/mol. The van der Waals surface area contributed by atoms with Crippen molar-refractivity contribution in [1.29, 1.82) is 0 Å². The van der Waals surface area contributed by atoms with Crippen molar-refractivity contribution < 1.29 is 23.1 Å². The van der Waals surface area contributed by atoms with Gasteiger partial charge in [-0.1, -0.05) is 45.0 Å². The van der Waals surface area contributed by atoms with Crippen LogP contribution in [0.1, 0.15) is 93.1 Å². The van der Waals surface area contributed by atoms with E-state index in [0.717, 1.165) is 43.4 Å². The molecule has 5 rings (SSSR count). The van der Waals surface area contributed by atoms with Gasteiger partial charge in [-0.3, -0.25) is 0 Å². The molecule has 4 aromatic rings. The van der Waals surface area contributed by atoms with Crippen molar-refractivity contribution in [2.45, 2.75) is 140 Å². The third-order valence-corrected chi connectivity index (χ3v) is 24.9. The average Bonchev–Trinajstić information content (AvgIpc) is 3.25. The van der Waals surface area contributed by atoms with Crippen molar-refractivity contribution in [2.24, 2.45) is 0 Å². The number of hydrogen-bond acceptors (Lipinski definition) is 5. The molecule has 0 aliphatic carbocycles. The second-order valence-electron chi connectivity index (χ2n) is 20.4. The summed E-state index contributed by atoms with van der Waals surface area (Å²) in [5.74, 6) is 0.848. The van der Waals surface area contributed by atoms with E-state index in [-0.39, 0.29) is 43.3 Å². The zero-order valence-electron chi connectivity index (χ0n) is 41.4. The van der Waals surface area contributed by atoms with E-state index in [4.69, 9.17) is 23.1 Å². The van der Waals surface area contributed by atoms with Gasteiger partial charge in [-0.2, -0.15) is 0 Å². The Morgan fingerprint density at radius 2 is 1.40 bits per heavy atom. The van der Waals surface area contributed by atoms with Gasteiger partial charge in [-0.15, -0.1) is 0 Å². The van der Waals surface area contributed by atoms with E-state index in [1.165, 1.54) is 31.6 Å². The fourth-order valence-electron chi connectivity index (χ4n) is 8.43. The zero-order valence-corrected chi connectivity index (χ0v) is 45.1. The first-order valence-electron chi connectivity index (χ1n) is 23.6. The van der Waals surface area contributed by atoms with Gasteiger partial charge in [0.15, 0.2) is 0 Å². The number of ether oxygens (including phenoxy) is 3. The van der Waals surface area contributed by atoms with Crippen LogP contribution in [0.5, 0.6) is 5.75 Å². The predicted octanol–water partition coefficient (Wildman–Crippen LogP) is 12.7. The molecule has 350 valence electrons. The van der Waals surface area contributed by atoms with Gasteiger partial charge >= 0.3 is 324 Å². The topological polar surface area (TPSA) is 46.2 Å². The molecule has 0 aromatic heterocycles. The van der Waals surface area contributed by atoms with Gasteiger partial charge in [-0.05, 0) is 17.7 Å². The molecule has 0 radical (unpaired) electrons. The van der Waals surface area contributed by atoms with E-state index in [9.17, 15) is 0 Å². The zero-order chi connectivity index (χ0) is 47.1. The van der Waals surface area contributed by atoms with Crippen LogP contribution in [0.4, 0.5) is 0 Å². The summed E-state index contributed by atoms with van der Waals surface area (Å²) in [5, 5.41) is 2.65. The maximum absolute atomic E-state index is 7.18. The second-order valence-corrected chi connectivity index (χ2v) is 32.2. The van der Waals surface area contributed by atoms with Crippen LogP contribution in [0.15, 0.2) is 163 Å². The van der Waals surface area contributed by atoms with Crippen molar-refractivity contribution >= 4 is 46.4 Å². The van der Waals surface area contributed by atoms with Crippen LogP contribution in [0.3, 0.4) is 0 Å². The Balaban J connectivity index is 1.25. The quantitative estimate of drug-likeness (QED) is 0.0580. The Morgan fingerprint density at radius 3 is 1.97 bits per heavy atom. The molecule has 1 saturated heterocycles. The van der Waals surface area contributed by atoms with Gasteiger partial charge in [0.25, 0.3) is 0 Å². The maximum atomic E-state index is 7.18. The predicted molar refractivity (Wildman–Crippen MR) is 281 cm³/mol.